The summed E-state index contributed by atoms with van der Waals surface area (Å²) >= 11 is 0. The predicted molar refractivity (Wildman–Crippen MR) is 111 cm³/mol. The van der Waals surface area contributed by atoms with E-state index in [4.69, 9.17) is 14.2 Å². The van der Waals surface area contributed by atoms with Gasteiger partial charge in [-0.15, -0.1) is 0 Å². The van der Waals surface area contributed by atoms with Crippen LogP contribution in [0.1, 0.15) is 18.1 Å². The minimum Gasteiger partial charge on any atom is -0.496 e. The summed E-state index contributed by atoms with van der Waals surface area (Å²) in [6, 6.07) is 11.9. The maximum absolute atomic E-state index is 5.62. The number of guanidine groups is 1. The van der Waals surface area contributed by atoms with Crippen molar-refractivity contribution < 1.29 is 14.2 Å². The number of nitrogens with one attached hydrogen (secondary N) is 2. The van der Waals surface area contributed by atoms with Crippen molar-refractivity contribution in [2.45, 2.75) is 20.3 Å². The monoisotopic (exact) mass is 371 g/mol. The molecule has 0 saturated carbocycles. The Morgan fingerprint density at radius 2 is 1.74 bits per heavy atom. The third-order valence-corrected chi connectivity index (χ3v) is 4.07. The molecular weight excluding hydrogens is 342 g/mol. The van der Waals surface area contributed by atoms with Crippen LogP contribution in [0.25, 0.3) is 0 Å². The summed E-state index contributed by atoms with van der Waals surface area (Å²) in [5, 5.41) is 6.61. The molecule has 2 aromatic carbocycles. The van der Waals surface area contributed by atoms with E-state index in [1.54, 1.807) is 21.3 Å². The van der Waals surface area contributed by atoms with Crippen LogP contribution >= 0.6 is 0 Å². The maximum atomic E-state index is 5.62. The number of hydrogen-bond acceptors (Lipinski definition) is 4. The Bertz CT molecular complexity index is 775. The summed E-state index contributed by atoms with van der Waals surface area (Å²) in [7, 11) is 5.07. The molecular formula is C21H29N3O3. The quantitative estimate of drug-likeness (QED) is 0.548. The highest BCUT2D eigenvalue weighted by Gasteiger charge is 2.08. The molecule has 0 aliphatic heterocycles. The van der Waals surface area contributed by atoms with E-state index in [0.29, 0.717) is 24.1 Å². The number of benzene rings is 2. The van der Waals surface area contributed by atoms with Crippen molar-refractivity contribution in [3.05, 3.63) is 47.5 Å². The van der Waals surface area contributed by atoms with Crippen molar-refractivity contribution in [3.63, 3.8) is 0 Å². The Balaban J connectivity index is 1.98. The molecule has 0 spiro atoms. The van der Waals surface area contributed by atoms with Gasteiger partial charge in [0.1, 0.15) is 5.75 Å². The number of rotatable bonds is 8. The highest BCUT2D eigenvalue weighted by Crippen LogP contribution is 2.30. The summed E-state index contributed by atoms with van der Waals surface area (Å²) in [4.78, 5) is 4.28. The van der Waals surface area contributed by atoms with Crippen molar-refractivity contribution in [1.82, 2.24) is 5.32 Å². The average Bonchev–Trinajstić information content (AvgIpc) is 2.68. The molecule has 0 aromatic heterocycles. The number of aliphatic imine (C=N–C) groups is 1. The van der Waals surface area contributed by atoms with Crippen LogP contribution in [0.2, 0.25) is 0 Å². The summed E-state index contributed by atoms with van der Waals surface area (Å²) in [6.45, 7) is 5.33. The van der Waals surface area contributed by atoms with Gasteiger partial charge in [0.25, 0.3) is 0 Å². The van der Waals surface area contributed by atoms with Gasteiger partial charge in [-0.2, -0.15) is 0 Å². The highest BCUT2D eigenvalue weighted by molar-refractivity contribution is 5.93. The van der Waals surface area contributed by atoms with E-state index < -0.39 is 0 Å². The zero-order chi connectivity index (χ0) is 19.6. The minimum absolute atomic E-state index is 0.575. The van der Waals surface area contributed by atoms with Crippen molar-refractivity contribution >= 4 is 11.6 Å². The molecule has 0 atom stereocenters. The van der Waals surface area contributed by atoms with Gasteiger partial charge in [-0.05, 0) is 44.0 Å². The van der Waals surface area contributed by atoms with E-state index in [1.807, 2.05) is 31.2 Å². The molecule has 2 N–H and O–H groups in total. The van der Waals surface area contributed by atoms with E-state index >= 15 is 0 Å². The Kier molecular flexibility index (Phi) is 7.79. The second-order valence-corrected chi connectivity index (χ2v) is 5.99. The topological polar surface area (TPSA) is 64.1 Å². The van der Waals surface area contributed by atoms with Crippen LogP contribution in [0.4, 0.5) is 5.69 Å². The van der Waals surface area contributed by atoms with Gasteiger partial charge in [-0.1, -0.05) is 17.7 Å². The molecule has 0 saturated heterocycles. The van der Waals surface area contributed by atoms with Gasteiger partial charge in [0, 0.05) is 25.3 Å². The lowest BCUT2D eigenvalue weighted by molar-refractivity contribution is 0.311. The molecule has 6 heteroatoms. The zero-order valence-electron chi connectivity index (χ0n) is 16.8. The molecule has 0 aliphatic rings. The van der Waals surface area contributed by atoms with Crippen molar-refractivity contribution in [3.8, 4) is 17.2 Å². The first-order chi connectivity index (χ1) is 13.1. The molecule has 0 radical (unpaired) electrons. The number of aryl methyl sites for hydroxylation is 1. The Labute approximate surface area is 161 Å². The van der Waals surface area contributed by atoms with E-state index in [9.17, 15) is 0 Å². The average molecular weight is 371 g/mol. The fourth-order valence-corrected chi connectivity index (χ4v) is 2.76. The van der Waals surface area contributed by atoms with Gasteiger partial charge in [-0.3, -0.25) is 4.99 Å². The molecule has 2 aromatic rings. The molecule has 27 heavy (non-hydrogen) atoms. The highest BCUT2D eigenvalue weighted by atomic mass is 16.5. The third-order valence-electron chi connectivity index (χ3n) is 4.07. The lowest BCUT2D eigenvalue weighted by atomic mass is 10.1. The van der Waals surface area contributed by atoms with Crippen LogP contribution < -0.4 is 24.8 Å². The van der Waals surface area contributed by atoms with Crippen molar-refractivity contribution in [2.75, 3.05) is 39.7 Å². The molecule has 0 fully saturated rings. The second-order valence-electron chi connectivity index (χ2n) is 5.99. The van der Waals surface area contributed by atoms with Crippen LogP contribution in [0.5, 0.6) is 17.2 Å². The molecule has 0 heterocycles. The summed E-state index contributed by atoms with van der Waals surface area (Å²) in [5.41, 5.74) is 3.26. The van der Waals surface area contributed by atoms with Gasteiger partial charge in [0.05, 0.1) is 20.8 Å². The molecule has 0 aliphatic carbocycles. The smallest absolute Gasteiger partial charge is 0.195 e. The Morgan fingerprint density at radius 1 is 1.00 bits per heavy atom. The molecule has 146 valence electrons. The van der Waals surface area contributed by atoms with Gasteiger partial charge in [-0.25, -0.2) is 0 Å². The third kappa shape index (κ3) is 5.81. The second kappa shape index (κ2) is 10.3. The summed E-state index contributed by atoms with van der Waals surface area (Å²) in [6.07, 6.45) is 0.832. The molecule has 0 bridgehead atoms. The van der Waals surface area contributed by atoms with Crippen molar-refractivity contribution in [1.29, 1.82) is 0 Å². The van der Waals surface area contributed by atoms with Crippen LogP contribution in [-0.2, 0) is 6.42 Å². The van der Waals surface area contributed by atoms with Gasteiger partial charge in [0.2, 0.25) is 0 Å². The van der Waals surface area contributed by atoms with Crippen LogP contribution in [0.3, 0.4) is 0 Å². The van der Waals surface area contributed by atoms with Crippen LogP contribution in [0.15, 0.2) is 41.4 Å². The van der Waals surface area contributed by atoms with E-state index in [0.717, 1.165) is 24.4 Å². The Morgan fingerprint density at radius 3 is 2.41 bits per heavy atom. The fourth-order valence-electron chi connectivity index (χ4n) is 2.76. The van der Waals surface area contributed by atoms with Gasteiger partial charge >= 0.3 is 0 Å². The minimum atomic E-state index is 0.575. The van der Waals surface area contributed by atoms with E-state index in [1.165, 1.54) is 11.1 Å². The largest absolute Gasteiger partial charge is 0.496 e. The first-order valence-electron chi connectivity index (χ1n) is 9.03. The van der Waals surface area contributed by atoms with Gasteiger partial charge in [0.15, 0.2) is 17.5 Å². The number of hydrogen-bond donors (Lipinski definition) is 2. The number of methoxy groups -OCH3 is 2. The molecule has 0 amide bonds. The van der Waals surface area contributed by atoms with Gasteiger partial charge < -0.3 is 24.8 Å². The van der Waals surface area contributed by atoms with E-state index in [-0.39, 0.29) is 0 Å². The zero-order valence-corrected chi connectivity index (χ0v) is 16.8. The molecule has 2 rings (SSSR count). The van der Waals surface area contributed by atoms with Crippen LogP contribution in [0, 0.1) is 6.92 Å². The van der Waals surface area contributed by atoms with E-state index in [2.05, 4.69) is 34.7 Å². The number of anilines is 1. The first kappa shape index (κ1) is 20.4. The maximum Gasteiger partial charge on any atom is 0.195 e. The molecule has 0 unspecified atom stereocenters. The summed E-state index contributed by atoms with van der Waals surface area (Å²) < 4.78 is 16.4. The SMILES string of the molecule is CCOc1cc(NC(=NC)NCCc2cc(C)ccc2OC)ccc1OC. The van der Waals surface area contributed by atoms with Crippen LogP contribution in [-0.4, -0.2) is 40.4 Å². The molecule has 6 nitrogen and oxygen atoms in total. The number of nitrogens with zero attached hydrogens (tertiary/aromatic N) is 1. The first-order valence-corrected chi connectivity index (χ1v) is 9.03. The lowest BCUT2D eigenvalue weighted by Crippen LogP contribution is -2.32. The Hall–Kier alpha value is -2.89. The fraction of sp³-hybridized carbons (Fsp3) is 0.381. The predicted octanol–water partition coefficient (Wildman–Crippen LogP) is 3.64. The van der Waals surface area contributed by atoms with Crippen molar-refractivity contribution in [2.24, 2.45) is 4.99 Å². The number of ether oxygens (including phenoxy) is 3. The summed E-state index contributed by atoms with van der Waals surface area (Å²) in [5.74, 6) is 3.00. The lowest BCUT2D eigenvalue weighted by Gasteiger charge is -2.15. The normalized spacial score (nSPS) is 11.1. The standard InChI is InChI=1S/C21H29N3O3/c1-6-27-20-14-17(8-10-19(20)26-5)24-21(22-3)23-12-11-16-13-15(2)7-9-18(16)25-4/h7-10,13-14H,6,11-12H2,1-5H3,(H2,22,23,24).